The predicted molar refractivity (Wildman–Crippen MR) is 107 cm³/mol. The zero-order valence-corrected chi connectivity index (χ0v) is 16.7. The largest absolute Gasteiger partial charge is 0.494 e. The fourth-order valence-corrected chi connectivity index (χ4v) is 3.23. The van der Waals surface area contributed by atoms with Crippen LogP contribution in [0.25, 0.3) is 0 Å². The smallest absolute Gasteiger partial charge is 0.399 e. The summed E-state index contributed by atoms with van der Waals surface area (Å²) in [4.78, 5) is 0. The molecule has 0 aromatic rings. The van der Waals surface area contributed by atoms with Crippen molar-refractivity contribution in [3.63, 3.8) is 0 Å². The van der Waals surface area contributed by atoms with Crippen LogP contribution in [-0.2, 0) is 14.0 Å². The molecule has 1 unspecified atom stereocenters. The Hall–Kier alpha value is -1.61. The average molecular weight is 374 g/mol. The van der Waals surface area contributed by atoms with E-state index in [0.29, 0.717) is 6.04 Å². The van der Waals surface area contributed by atoms with Gasteiger partial charge in [-0.1, -0.05) is 6.08 Å². The molecule has 7 nitrogen and oxygen atoms in total. The fourth-order valence-electron chi connectivity index (χ4n) is 3.23. The highest BCUT2D eigenvalue weighted by atomic mass is 16.7. The molecule has 0 aliphatic carbocycles. The van der Waals surface area contributed by atoms with Crippen molar-refractivity contribution in [2.24, 2.45) is 5.73 Å². The van der Waals surface area contributed by atoms with Crippen LogP contribution in [0.4, 0.5) is 0 Å². The highest BCUT2D eigenvalue weighted by Gasteiger charge is 2.53. The quantitative estimate of drug-likeness (QED) is 0.431. The van der Waals surface area contributed by atoms with Gasteiger partial charge in [0, 0.05) is 43.4 Å². The van der Waals surface area contributed by atoms with E-state index in [1.165, 1.54) is 6.21 Å². The molecule has 0 aromatic heterocycles. The van der Waals surface area contributed by atoms with Gasteiger partial charge in [0.2, 0.25) is 0 Å². The van der Waals surface area contributed by atoms with Crippen molar-refractivity contribution in [2.45, 2.75) is 63.9 Å². The molecule has 8 heteroatoms. The van der Waals surface area contributed by atoms with Gasteiger partial charge in [-0.15, -0.1) is 0 Å². The minimum atomic E-state index is -0.517. The third-order valence-electron chi connectivity index (χ3n) is 5.81. The van der Waals surface area contributed by atoms with Crippen LogP contribution in [0.2, 0.25) is 0 Å². The summed E-state index contributed by atoms with van der Waals surface area (Å²) in [5.74, 6) is 0. The summed E-state index contributed by atoms with van der Waals surface area (Å²) in [6.45, 7) is 9.63. The number of nitrogens with two attached hydrogens (primary N) is 1. The molecule has 0 saturated carbocycles. The molecule has 0 spiro atoms. The van der Waals surface area contributed by atoms with E-state index in [9.17, 15) is 0 Å². The summed E-state index contributed by atoms with van der Waals surface area (Å²) >= 11 is 0. The van der Waals surface area contributed by atoms with Crippen LogP contribution in [-0.4, -0.2) is 50.0 Å². The lowest BCUT2D eigenvalue weighted by Gasteiger charge is -2.32. The van der Waals surface area contributed by atoms with Crippen LogP contribution >= 0.6 is 0 Å². The van der Waals surface area contributed by atoms with Crippen molar-refractivity contribution >= 4 is 13.3 Å². The summed E-state index contributed by atoms with van der Waals surface area (Å²) in [6.07, 6.45) is 8.59. The van der Waals surface area contributed by atoms with Gasteiger partial charge < -0.3 is 35.8 Å². The van der Waals surface area contributed by atoms with Gasteiger partial charge in [-0.05, 0) is 51.6 Å². The Kier molecular flexibility index (Phi) is 5.81. The van der Waals surface area contributed by atoms with Crippen molar-refractivity contribution in [1.82, 2.24) is 10.6 Å². The maximum Gasteiger partial charge on any atom is 0.494 e. The van der Waals surface area contributed by atoms with Crippen molar-refractivity contribution in [3.8, 4) is 0 Å². The second-order valence-electron chi connectivity index (χ2n) is 8.27. The van der Waals surface area contributed by atoms with Crippen molar-refractivity contribution in [3.05, 3.63) is 35.1 Å². The van der Waals surface area contributed by atoms with Gasteiger partial charge >= 0.3 is 7.12 Å². The summed E-state index contributed by atoms with van der Waals surface area (Å²) in [5, 5.41) is 14.4. The Balaban J connectivity index is 1.76. The van der Waals surface area contributed by atoms with Crippen molar-refractivity contribution in [1.29, 1.82) is 5.41 Å². The van der Waals surface area contributed by atoms with Gasteiger partial charge in [0.05, 0.1) is 17.4 Å². The molecule has 148 valence electrons. The number of nitrogens with one attached hydrogen (secondary N) is 3. The van der Waals surface area contributed by atoms with Gasteiger partial charge in [-0.2, -0.15) is 0 Å². The Morgan fingerprint density at radius 2 is 1.89 bits per heavy atom. The molecule has 0 amide bonds. The first kappa shape index (κ1) is 20.1. The zero-order chi connectivity index (χ0) is 19.7. The van der Waals surface area contributed by atoms with Gasteiger partial charge in [0.25, 0.3) is 0 Å². The monoisotopic (exact) mass is 374 g/mol. The van der Waals surface area contributed by atoms with Crippen LogP contribution < -0.4 is 16.4 Å². The summed E-state index contributed by atoms with van der Waals surface area (Å²) in [5.41, 5.74) is 7.86. The fraction of sp³-hybridized carbons (Fsp3) is 0.632. The van der Waals surface area contributed by atoms with Gasteiger partial charge in [-0.25, -0.2) is 0 Å². The van der Waals surface area contributed by atoms with E-state index in [1.807, 2.05) is 46.2 Å². The van der Waals surface area contributed by atoms with Crippen LogP contribution in [0, 0.1) is 5.41 Å². The molecule has 3 aliphatic rings. The lowest BCUT2D eigenvalue weighted by Crippen LogP contribution is -2.44. The van der Waals surface area contributed by atoms with E-state index in [-0.39, 0.29) is 6.17 Å². The summed E-state index contributed by atoms with van der Waals surface area (Å²) in [7, 11) is -0.517. The SMILES string of the molecule is CC1(C)OB(C2=CC(/C(C=N)=C/NC3CCOCC3)=CNC2N)OC1(C)C. The molecule has 2 saturated heterocycles. The molecule has 0 aromatic carbocycles. The Morgan fingerprint density at radius 1 is 1.26 bits per heavy atom. The zero-order valence-electron chi connectivity index (χ0n) is 16.7. The summed E-state index contributed by atoms with van der Waals surface area (Å²) < 4.78 is 17.7. The molecule has 1 atom stereocenters. The van der Waals surface area contributed by atoms with Crippen LogP contribution in [0.15, 0.2) is 35.1 Å². The molecule has 3 rings (SSSR count). The maximum absolute atomic E-state index is 7.82. The Labute approximate surface area is 162 Å². The summed E-state index contributed by atoms with van der Waals surface area (Å²) in [6, 6.07) is 0.375. The Morgan fingerprint density at radius 3 is 2.48 bits per heavy atom. The molecule has 3 aliphatic heterocycles. The number of rotatable bonds is 5. The molecule has 0 bridgehead atoms. The van der Waals surface area contributed by atoms with Gasteiger partial charge in [-0.3, -0.25) is 0 Å². The molecule has 2 fully saturated rings. The Bertz CT molecular complexity index is 650. The first-order valence-corrected chi connectivity index (χ1v) is 9.57. The molecular weight excluding hydrogens is 343 g/mol. The van der Waals surface area contributed by atoms with Crippen LogP contribution in [0.5, 0.6) is 0 Å². The van der Waals surface area contributed by atoms with E-state index in [1.54, 1.807) is 0 Å². The second-order valence-corrected chi connectivity index (χ2v) is 8.27. The lowest BCUT2D eigenvalue weighted by molar-refractivity contribution is 0.00578. The van der Waals surface area contributed by atoms with E-state index in [0.717, 1.165) is 42.7 Å². The lowest BCUT2D eigenvalue weighted by atomic mass is 9.74. The number of hydrogen-bond acceptors (Lipinski definition) is 7. The van der Waals surface area contributed by atoms with E-state index in [2.05, 4.69) is 10.6 Å². The minimum absolute atomic E-state index is 0.375. The molecule has 5 N–H and O–H groups in total. The van der Waals surface area contributed by atoms with E-state index >= 15 is 0 Å². The topological polar surface area (TPSA) is 102 Å². The molecule has 3 heterocycles. The van der Waals surface area contributed by atoms with Crippen LogP contribution in [0.3, 0.4) is 0 Å². The van der Waals surface area contributed by atoms with E-state index in [4.69, 9.17) is 25.2 Å². The standard InChI is InChI=1S/C19H31BN4O3/c1-18(2)19(3,4)27-20(26-18)16-9-13(11-24-17(16)22)14(10-21)12-23-15-5-7-25-8-6-15/h9-12,15,17,21,23-24H,5-8,22H2,1-4H3/b14-12+,21-10?. The van der Waals surface area contributed by atoms with Gasteiger partial charge in [0.15, 0.2) is 0 Å². The van der Waals surface area contributed by atoms with Gasteiger partial charge in [0.1, 0.15) is 0 Å². The van der Waals surface area contributed by atoms with Crippen LogP contribution in [0.1, 0.15) is 40.5 Å². The molecular formula is C19H31BN4O3. The normalized spacial score (nSPS) is 28.3. The number of dihydropyridines is 1. The highest BCUT2D eigenvalue weighted by molar-refractivity contribution is 6.55. The third-order valence-corrected chi connectivity index (χ3v) is 5.81. The highest BCUT2D eigenvalue weighted by Crippen LogP contribution is 2.39. The molecule has 27 heavy (non-hydrogen) atoms. The second kappa shape index (κ2) is 7.79. The molecule has 0 radical (unpaired) electrons. The first-order valence-electron chi connectivity index (χ1n) is 9.57. The van der Waals surface area contributed by atoms with Crippen molar-refractivity contribution < 1.29 is 14.0 Å². The average Bonchev–Trinajstić information content (AvgIpc) is 2.85. The number of allylic oxidation sites excluding steroid dienone is 3. The third kappa shape index (κ3) is 4.29. The predicted octanol–water partition coefficient (Wildman–Crippen LogP) is 1.62. The number of hydrogen-bond donors (Lipinski definition) is 4. The van der Waals surface area contributed by atoms with Crippen molar-refractivity contribution in [2.75, 3.05) is 13.2 Å². The minimum Gasteiger partial charge on any atom is -0.399 e. The maximum atomic E-state index is 7.82. The first-order chi connectivity index (χ1) is 12.7. The van der Waals surface area contributed by atoms with E-state index < -0.39 is 18.3 Å². The number of ether oxygens (including phenoxy) is 1.